The van der Waals surface area contributed by atoms with Gasteiger partial charge >= 0.3 is 0 Å². The van der Waals surface area contributed by atoms with Gasteiger partial charge in [-0.05, 0) is 37.5 Å². The molecule has 0 fully saturated rings. The van der Waals surface area contributed by atoms with Crippen LogP contribution in [0.1, 0.15) is 26.3 Å². The monoisotopic (exact) mass is 236 g/mol. The summed E-state index contributed by atoms with van der Waals surface area (Å²) >= 11 is 0. The first-order valence-corrected chi connectivity index (χ1v) is 6.22. The van der Waals surface area contributed by atoms with Gasteiger partial charge in [-0.2, -0.15) is 0 Å². The molecule has 0 aliphatic carbocycles. The van der Waals surface area contributed by atoms with Gasteiger partial charge in [0.15, 0.2) is 0 Å². The van der Waals surface area contributed by atoms with Gasteiger partial charge in [0.25, 0.3) is 0 Å². The summed E-state index contributed by atoms with van der Waals surface area (Å²) in [7, 11) is 0. The highest BCUT2D eigenvalue weighted by atomic mass is 16.3. The second kappa shape index (κ2) is 6.62. The van der Waals surface area contributed by atoms with Crippen molar-refractivity contribution < 1.29 is 5.11 Å². The molecule has 0 heterocycles. The van der Waals surface area contributed by atoms with Gasteiger partial charge in [0.2, 0.25) is 0 Å². The summed E-state index contributed by atoms with van der Waals surface area (Å²) in [6.07, 6.45) is 0. The number of rotatable bonds is 6. The zero-order valence-corrected chi connectivity index (χ0v) is 11.1. The Kier molecular flexibility index (Phi) is 5.45. The summed E-state index contributed by atoms with van der Waals surface area (Å²) in [6.45, 7) is 8.44. The number of hydrogen-bond acceptors (Lipinski definition) is 3. The Morgan fingerprint density at radius 3 is 2.53 bits per heavy atom. The van der Waals surface area contributed by atoms with Gasteiger partial charge in [-0.1, -0.05) is 19.1 Å². The second-order valence-corrected chi connectivity index (χ2v) is 5.06. The van der Waals surface area contributed by atoms with E-state index in [1.807, 2.05) is 18.2 Å². The Bertz CT molecular complexity index is 339. The van der Waals surface area contributed by atoms with E-state index in [9.17, 15) is 0 Å². The third-order valence-electron chi connectivity index (χ3n) is 2.92. The van der Waals surface area contributed by atoms with Crippen molar-refractivity contribution in [1.29, 1.82) is 0 Å². The van der Waals surface area contributed by atoms with Gasteiger partial charge in [-0.15, -0.1) is 0 Å². The van der Waals surface area contributed by atoms with Crippen molar-refractivity contribution in [3.8, 4) is 0 Å². The van der Waals surface area contributed by atoms with Gasteiger partial charge in [0, 0.05) is 31.4 Å². The van der Waals surface area contributed by atoms with Crippen LogP contribution in [0.25, 0.3) is 0 Å². The number of hydrogen-bond donors (Lipinski definition) is 2. The smallest absolute Gasteiger partial charge is 0.0468 e. The van der Waals surface area contributed by atoms with Crippen molar-refractivity contribution in [2.24, 2.45) is 5.92 Å². The fraction of sp³-hybridized carbons (Fsp3) is 0.571. The van der Waals surface area contributed by atoms with E-state index in [0.29, 0.717) is 12.0 Å². The lowest BCUT2D eigenvalue weighted by Gasteiger charge is -2.28. The van der Waals surface area contributed by atoms with Crippen LogP contribution in [0.5, 0.6) is 0 Å². The summed E-state index contributed by atoms with van der Waals surface area (Å²) in [5.41, 5.74) is 7.81. The highest BCUT2D eigenvalue weighted by molar-refractivity contribution is 5.40. The first-order chi connectivity index (χ1) is 8.02. The van der Waals surface area contributed by atoms with Crippen molar-refractivity contribution in [3.63, 3.8) is 0 Å². The van der Waals surface area contributed by atoms with Crippen LogP contribution < -0.4 is 5.73 Å². The van der Waals surface area contributed by atoms with Gasteiger partial charge in [0.1, 0.15) is 0 Å². The molecule has 1 aromatic carbocycles. The summed E-state index contributed by atoms with van der Waals surface area (Å²) in [5.74, 6) is 0.304. The maximum absolute atomic E-state index is 9.13. The molecule has 0 saturated carbocycles. The molecule has 1 atom stereocenters. The molecule has 0 aromatic heterocycles. The van der Waals surface area contributed by atoms with Crippen LogP contribution in [0.3, 0.4) is 0 Å². The number of aliphatic hydroxyl groups is 1. The van der Waals surface area contributed by atoms with E-state index < -0.39 is 0 Å². The normalized spacial score (nSPS) is 13.3. The van der Waals surface area contributed by atoms with E-state index in [4.69, 9.17) is 10.8 Å². The van der Waals surface area contributed by atoms with Crippen molar-refractivity contribution >= 4 is 5.69 Å². The summed E-state index contributed by atoms with van der Waals surface area (Å²) in [5, 5.41) is 9.13. The molecule has 1 unspecified atom stereocenters. The van der Waals surface area contributed by atoms with Crippen LogP contribution in [0.2, 0.25) is 0 Å². The number of nitrogens with two attached hydrogens (primary N) is 1. The van der Waals surface area contributed by atoms with Gasteiger partial charge in [0.05, 0.1) is 0 Å². The molecule has 17 heavy (non-hydrogen) atoms. The van der Waals surface area contributed by atoms with Crippen molar-refractivity contribution in [2.75, 3.05) is 18.9 Å². The predicted molar refractivity (Wildman–Crippen MR) is 72.7 cm³/mol. The van der Waals surface area contributed by atoms with Crippen LogP contribution in [-0.4, -0.2) is 29.2 Å². The van der Waals surface area contributed by atoms with Crippen LogP contribution in [0.4, 0.5) is 5.69 Å². The highest BCUT2D eigenvalue weighted by Gasteiger charge is 2.13. The Morgan fingerprint density at radius 1 is 1.29 bits per heavy atom. The molecule has 3 N–H and O–H groups in total. The predicted octanol–water partition coefficient (Wildman–Crippen LogP) is 2.11. The van der Waals surface area contributed by atoms with Crippen LogP contribution >= 0.6 is 0 Å². The molecule has 96 valence electrons. The molecular weight excluding hydrogens is 212 g/mol. The first kappa shape index (κ1) is 14.0. The second-order valence-electron chi connectivity index (χ2n) is 5.06. The highest BCUT2D eigenvalue weighted by Crippen LogP contribution is 2.13. The van der Waals surface area contributed by atoms with E-state index in [1.165, 1.54) is 5.56 Å². The van der Waals surface area contributed by atoms with E-state index in [-0.39, 0.29) is 6.61 Å². The van der Waals surface area contributed by atoms with Gasteiger partial charge in [-0.3, -0.25) is 4.90 Å². The average molecular weight is 236 g/mol. The molecule has 0 bridgehead atoms. The number of nitrogens with zero attached hydrogens (tertiary/aromatic N) is 1. The lowest BCUT2D eigenvalue weighted by molar-refractivity contribution is 0.143. The standard InChI is InChI=1S/C14H24N2O/c1-11(2)16(8-12(3)10-17)9-13-5-4-6-14(15)7-13/h4-7,11-12,17H,8-10,15H2,1-3H3. The molecule has 1 aromatic rings. The van der Waals surface area contributed by atoms with E-state index >= 15 is 0 Å². The maximum Gasteiger partial charge on any atom is 0.0468 e. The zero-order valence-electron chi connectivity index (χ0n) is 11.1. The molecule has 1 rings (SSSR count). The van der Waals surface area contributed by atoms with E-state index in [1.54, 1.807) is 0 Å². The number of benzene rings is 1. The van der Waals surface area contributed by atoms with Crippen LogP contribution in [0, 0.1) is 5.92 Å². The Hall–Kier alpha value is -1.06. The third-order valence-corrected chi connectivity index (χ3v) is 2.92. The minimum Gasteiger partial charge on any atom is -0.399 e. The minimum atomic E-state index is 0.236. The molecule has 3 heteroatoms. The molecule has 0 radical (unpaired) electrons. The molecular formula is C14H24N2O. The van der Waals surface area contributed by atoms with Crippen molar-refractivity contribution in [3.05, 3.63) is 29.8 Å². The fourth-order valence-corrected chi connectivity index (χ4v) is 1.84. The van der Waals surface area contributed by atoms with Gasteiger partial charge < -0.3 is 10.8 Å². The first-order valence-electron chi connectivity index (χ1n) is 6.22. The zero-order chi connectivity index (χ0) is 12.8. The summed E-state index contributed by atoms with van der Waals surface area (Å²) < 4.78 is 0. The number of anilines is 1. The van der Waals surface area contributed by atoms with E-state index in [0.717, 1.165) is 18.8 Å². The third kappa shape index (κ3) is 4.75. The Morgan fingerprint density at radius 2 is 2.00 bits per heavy atom. The summed E-state index contributed by atoms with van der Waals surface area (Å²) in [4.78, 5) is 2.36. The van der Waals surface area contributed by atoms with Gasteiger partial charge in [-0.25, -0.2) is 0 Å². The molecule has 3 nitrogen and oxygen atoms in total. The Balaban J connectivity index is 2.66. The SMILES string of the molecule is CC(CO)CN(Cc1cccc(N)c1)C(C)C. The van der Waals surface area contributed by atoms with E-state index in [2.05, 4.69) is 31.7 Å². The Labute approximate surface area is 104 Å². The minimum absolute atomic E-state index is 0.236. The lowest BCUT2D eigenvalue weighted by Crippen LogP contribution is -2.35. The molecule has 0 saturated heterocycles. The van der Waals surface area contributed by atoms with Crippen LogP contribution in [0.15, 0.2) is 24.3 Å². The molecule has 0 spiro atoms. The number of aliphatic hydroxyl groups excluding tert-OH is 1. The largest absolute Gasteiger partial charge is 0.399 e. The molecule has 0 aliphatic rings. The maximum atomic E-state index is 9.13. The average Bonchev–Trinajstić information content (AvgIpc) is 2.27. The molecule has 0 aliphatic heterocycles. The van der Waals surface area contributed by atoms with Crippen molar-refractivity contribution in [2.45, 2.75) is 33.4 Å². The quantitative estimate of drug-likeness (QED) is 0.744. The lowest BCUT2D eigenvalue weighted by atomic mass is 10.1. The molecule has 0 amide bonds. The summed E-state index contributed by atoms with van der Waals surface area (Å²) in [6, 6.07) is 8.46. The topological polar surface area (TPSA) is 49.5 Å². The van der Waals surface area contributed by atoms with Crippen molar-refractivity contribution in [1.82, 2.24) is 4.90 Å². The number of nitrogen functional groups attached to an aromatic ring is 1. The fourth-order valence-electron chi connectivity index (χ4n) is 1.84. The van der Waals surface area contributed by atoms with Crippen LogP contribution in [-0.2, 0) is 6.54 Å².